The van der Waals surface area contributed by atoms with E-state index in [0.717, 1.165) is 36.1 Å². The molecule has 1 N–H and O–H groups in total. The van der Waals surface area contributed by atoms with E-state index in [1.54, 1.807) is 0 Å². The third kappa shape index (κ3) is 5.65. The standard InChI is InChI=1S/C28H24ClNO3/c29-23-15-11-20(12-16-23)6-2-1-5-19-9-13-21(14-10-19)28(33)27-25-8-4-3-7-24(25)22(18-30-27)17-26(31)32/h3-4,7-16,18H,1-2,5-6,17H2,(H,31,32). The Morgan fingerprint density at radius 1 is 0.788 bits per heavy atom. The van der Waals surface area contributed by atoms with E-state index in [0.29, 0.717) is 22.2 Å². The molecule has 4 rings (SSSR count). The van der Waals surface area contributed by atoms with Gasteiger partial charge in [0.15, 0.2) is 0 Å². The van der Waals surface area contributed by atoms with E-state index >= 15 is 0 Å². The van der Waals surface area contributed by atoms with Gasteiger partial charge in [-0.1, -0.05) is 72.3 Å². The zero-order chi connectivity index (χ0) is 23.2. The number of rotatable bonds is 9. The van der Waals surface area contributed by atoms with Crippen molar-refractivity contribution in [1.82, 2.24) is 4.98 Å². The summed E-state index contributed by atoms with van der Waals surface area (Å²) < 4.78 is 0. The molecular weight excluding hydrogens is 434 g/mol. The van der Waals surface area contributed by atoms with Gasteiger partial charge >= 0.3 is 5.97 Å². The number of aryl methyl sites for hydroxylation is 2. The molecule has 0 aliphatic carbocycles. The van der Waals surface area contributed by atoms with Gasteiger partial charge in [0, 0.05) is 22.2 Å². The van der Waals surface area contributed by atoms with Gasteiger partial charge < -0.3 is 5.11 Å². The molecule has 0 aliphatic rings. The number of fused-ring (bicyclic) bond motifs is 1. The number of unbranched alkanes of at least 4 members (excludes halogenated alkanes) is 1. The first kappa shape index (κ1) is 22.7. The Balaban J connectivity index is 1.42. The van der Waals surface area contributed by atoms with Gasteiger partial charge in [0.25, 0.3) is 0 Å². The third-order valence-corrected chi connectivity index (χ3v) is 6.00. The predicted octanol–water partition coefficient (Wildman–Crippen LogP) is 6.31. The highest BCUT2D eigenvalue weighted by Crippen LogP contribution is 2.24. The lowest BCUT2D eigenvalue weighted by molar-refractivity contribution is -0.136. The van der Waals surface area contributed by atoms with Crippen molar-refractivity contribution in [3.8, 4) is 0 Å². The van der Waals surface area contributed by atoms with Crippen LogP contribution in [0.5, 0.6) is 0 Å². The van der Waals surface area contributed by atoms with Crippen LogP contribution in [0.1, 0.15) is 45.6 Å². The van der Waals surface area contributed by atoms with E-state index in [-0.39, 0.29) is 12.2 Å². The van der Waals surface area contributed by atoms with Crippen LogP contribution in [0.25, 0.3) is 10.8 Å². The fraction of sp³-hybridized carbons (Fsp3) is 0.179. The number of halogens is 1. The number of aliphatic carboxylic acids is 1. The molecule has 0 atom stereocenters. The molecule has 1 heterocycles. The van der Waals surface area contributed by atoms with Gasteiger partial charge in [-0.15, -0.1) is 0 Å². The number of carboxylic acid groups (broad SMARTS) is 1. The van der Waals surface area contributed by atoms with Gasteiger partial charge in [0.05, 0.1) is 6.42 Å². The Labute approximate surface area is 197 Å². The van der Waals surface area contributed by atoms with Crippen LogP contribution in [-0.2, 0) is 24.1 Å². The number of ketones is 1. The molecule has 0 radical (unpaired) electrons. The van der Waals surface area contributed by atoms with Crippen molar-refractivity contribution >= 4 is 34.1 Å². The Bertz CT molecular complexity index is 1280. The number of hydrogen-bond acceptors (Lipinski definition) is 3. The van der Waals surface area contributed by atoms with Crippen LogP contribution in [0.4, 0.5) is 0 Å². The molecule has 0 amide bonds. The lowest BCUT2D eigenvalue weighted by Gasteiger charge is -2.09. The summed E-state index contributed by atoms with van der Waals surface area (Å²) in [7, 11) is 0. The number of carbonyl (C=O) groups is 2. The van der Waals surface area contributed by atoms with Crippen LogP contribution >= 0.6 is 11.6 Å². The maximum absolute atomic E-state index is 13.2. The van der Waals surface area contributed by atoms with Crippen molar-refractivity contribution in [2.24, 2.45) is 0 Å². The summed E-state index contributed by atoms with van der Waals surface area (Å²) in [6.45, 7) is 0. The van der Waals surface area contributed by atoms with E-state index in [1.165, 1.54) is 17.3 Å². The van der Waals surface area contributed by atoms with Crippen molar-refractivity contribution in [2.75, 3.05) is 0 Å². The molecule has 5 heteroatoms. The van der Waals surface area contributed by atoms with E-state index in [9.17, 15) is 9.59 Å². The van der Waals surface area contributed by atoms with Gasteiger partial charge in [0.1, 0.15) is 5.69 Å². The Kier molecular flexibility index (Phi) is 7.16. The molecule has 166 valence electrons. The molecule has 0 bridgehead atoms. The highest BCUT2D eigenvalue weighted by Gasteiger charge is 2.17. The van der Waals surface area contributed by atoms with Crippen molar-refractivity contribution in [1.29, 1.82) is 0 Å². The van der Waals surface area contributed by atoms with Crippen molar-refractivity contribution in [3.05, 3.63) is 112 Å². The van der Waals surface area contributed by atoms with Crippen LogP contribution in [0.15, 0.2) is 79.0 Å². The molecule has 0 unspecified atom stereocenters. The summed E-state index contributed by atoms with van der Waals surface area (Å²) in [4.78, 5) is 28.7. The summed E-state index contributed by atoms with van der Waals surface area (Å²) in [5.74, 6) is -1.09. The van der Waals surface area contributed by atoms with E-state index in [2.05, 4.69) is 17.1 Å². The summed E-state index contributed by atoms with van der Waals surface area (Å²) in [6, 6.07) is 23.0. The molecule has 0 spiro atoms. The Morgan fingerprint density at radius 3 is 1.97 bits per heavy atom. The van der Waals surface area contributed by atoms with Crippen molar-refractivity contribution in [3.63, 3.8) is 0 Å². The van der Waals surface area contributed by atoms with E-state index in [4.69, 9.17) is 16.7 Å². The minimum absolute atomic E-state index is 0.130. The number of carboxylic acids is 1. The highest BCUT2D eigenvalue weighted by atomic mass is 35.5. The number of pyridine rings is 1. The fourth-order valence-corrected chi connectivity index (χ4v) is 4.13. The topological polar surface area (TPSA) is 67.3 Å². The summed E-state index contributed by atoms with van der Waals surface area (Å²) in [5, 5.41) is 11.3. The number of hydrogen-bond donors (Lipinski definition) is 1. The second-order valence-corrected chi connectivity index (χ2v) is 8.54. The highest BCUT2D eigenvalue weighted by molar-refractivity contribution is 6.30. The number of benzene rings is 3. The predicted molar refractivity (Wildman–Crippen MR) is 131 cm³/mol. The number of nitrogens with zero attached hydrogens (tertiary/aromatic N) is 1. The van der Waals surface area contributed by atoms with Crippen LogP contribution in [0.3, 0.4) is 0 Å². The number of aromatic nitrogens is 1. The fourth-order valence-electron chi connectivity index (χ4n) is 4.00. The summed E-state index contributed by atoms with van der Waals surface area (Å²) >= 11 is 5.93. The first-order valence-corrected chi connectivity index (χ1v) is 11.4. The van der Waals surface area contributed by atoms with Crippen molar-refractivity contribution in [2.45, 2.75) is 32.1 Å². The summed E-state index contributed by atoms with van der Waals surface area (Å²) in [6.07, 6.45) is 5.49. The maximum atomic E-state index is 13.2. The quantitative estimate of drug-likeness (QED) is 0.236. The molecule has 0 fully saturated rings. The lowest BCUT2D eigenvalue weighted by Crippen LogP contribution is -2.08. The van der Waals surface area contributed by atoms with E-state index < -0.39 is 5.97 Å². The molecule has 0 saturated heterocycles. The van der Waals surface area contributed by atoms with Gasteiger partial charge in [-0.25, -0.2) is 0 Å². The van der Waals surface area contributed by atoms with Crippen molar-refractivity contribution < 1.29 is 14.7 Å². The average Bonchev–Trinajstić information content (AvgIpc) is 2.83. The minimum atomic E-state index is -0.926. The second-order valence-electron chi connectivity index (χ2n) is 8.11. The van der Waals surface area contributed by atoms with Crippen LogP contribution < -0.4 is 0 Å². The molecule has 33 heavy (non-hydrogen) atoms. The number of carbonyl (C=O) groups excluding carboxylic acids is 1. The normalized spacial score (nSPS) is 10.9. The smallest absolute Gasteiger partial charge is 0.307 e. The monoisotopic (exact) mass is 457 g/mol. The molecule has 4 nitrogen and oxygen atoms in total. The van der Waals surface area contributed by atoms with Gasteiger partial charge in [-0.05, 0) is 59.9 Å². The zero-order valence-corrected chi connectivity index (χ0v) is 18.9. The third-order valence-electron chi connectivity index (χ3n) is 5.74. The maximum Gasteiger partial charge on any atom is 0.307 e. The van der Waals surface area contributed by atoms with Gasteiger partial charge in [-0.2, -0.15) is 0 Å². The molecule has 4 aromatic rings. The van der Waals surface area contributed by atoms with Crippen LogP contribution in [0, 0.1) is 0 Å². The largest absolute Gasteiger partial charge is 0.481 e. The molecular formula is C28H24ClNO3. The zero-order valence-electron chi connectivity index (χ0n) is 18.1. The van der Waals surface area contributed by atoms with Gasteiger partial charge in [0.2, 0.25) is 5.78 Å². The van der Waals surface area contributed by atoms with E-state index in [1.807, 2.05) is 60.7 Å². The van der Waals surface area contributed by atoms with Crippen LogP contribution in [0.2, 0.25) is 5.02 Å². The SMILES string of the molecule is O=C(O)Cc1cnc(C(=O)c2ccc(CCCCc3ccc(Cl)cc3)cc2)c2ccccc12. The molecule has 0 saturated carbocycles. The lowest BCUT2D eigenvalue weighted by atomic mass is 9.97. The molecule has 1 aromatic heterocycles. The summed E-state index contributed by atoms with van der Waals surface area (Å²) in [5.41, 5.74) is 3.99. The van der Waals surface area contributed by atoms with Gasteiger partial charge in [-0.3, -0.25) is 14.6 Å². The molecule has 3 aromatic carbocycles. The minimum Gasteiger partial charge on any atom is -0.481 e. The molecule has 0 aliphatic heterocycles. The Hall–Kier alpha value is -3.50. The Morgan fingerprint density at radius 2 is 1.36 bits per heavy atom. The average molecular weight is 458 g/mol. The first-order chi connectivity index (χ1) is 16.0. The first-order valence-electron chi connectivity index (χ1n) is 11.0. The second kappa shape index (κ2) is 10.4. The van der Waals surface area contributed by atoms with Crippen LogP contribution in [-0.4, -0.2) is 21.8 Å².